The number of anilines is 1. The molecule has 2 N–H and O–H groups in total. The van der Waals surface area contributed by atoms with Crippen molar-refractivity contribution in [2.75, 3.05) is 18.4 Å². The van der Waals surface area contributed by atoms with Crippen LogP contribution in [0.25, 0.3) is 22.0 Å². The van der Waals surface area contributed by atoms with Gasteiger partial charge < -0.3 is 10.2 Å². The number of hydrogen-bond donors (Lipinski definition) is 2. The minimum Gasteiger partial charge on any atom is -0.325 e. The zero-order valence-electron chi connectivity index (χ0n) is 15.0. The molecule has 6 heteroatoms. The molecule has 3 aromatic rings. The minimum atomic E-state index is -0.502. The van der Waals surface area contributed by atoms with E-state index in [2.05, 4.69) is 46.8 Å². The third-order valence-electron chi connectivity index (χ3n) is 5.98. The van der Waals surface area contributed by atoms with Gasteiger partial charge in [-0.05, 0) is 60.2 Å². The van der Waals surface area contributed by atoms with Gasteiger partial charge >= 0.3 is 0 Å². The van der Waals surface area contributed by atoms with E-state index < -0.39 is 5.41 Å². The van der Waals surface area contributed by atoms with E-state index in [1.165, 1.54) is 11.1 Å². The lowest BCUT2D eigenvalue weighted by molar-refractivity contribution is -0.125. The first-order valence-corrected chi connectivity index (χ1v) is 9.12. The molecule has 0 aliphatic carbocycles. The lowest BCUT2D eigenvalue weighted by Crippen LogP contribution is -2.43. The Morgan fingerprint density at radius 3 is 3.00 bits per heavy atom. The van der Waals surface area contributed by atoms with Crippen LogP contribution in [-0.2, 0) is 11.2 Å². The number of carbonyl (C=O) groups excluding carboxylic acids is 1. The van der Waals surface area contributed by atoms with Crippen molar-refractivity contribution in [2.24, 2.45) is 5.41 Å². The lowest BCUT2D eigenvalue weighted by atomic mass is 9.76. The number of rotatable bonds is 1. The molecule has 0 radical (unpaired) electrons. The number of hydrogen-bond acceptors (Lipinski definition) is 4. The van der Waals surface area contributed by atoms with Crippen molar-refractivity contribution in [3.8, 4) is 17.3 Å². The molecule has 134 valence electrons. The summed E-state index contributed by atoms with van der Waals surface area (Å²) in [4.78, 5) is 14.4. The van der Waals surface area contributed by atoms with Gasteiger partial charge in [-0.25, -0.2) is 0 Å². The van der Waals surface area contributed by atoms with Crippen LogP contribution in [0.1, 0.15) is 17.5 Å². The van der Waals surface area contributed by atoms with Crippen LogP contribution in [0.5, 0.6) is 0 Å². The molecule has 2 aromatic carbocycles. The summed E-state index contributed by atoms with van der Waals surface area (Å²) in [6.45, 7) is 3.24. The molecule has 1 unspecified atom stereocenters. The molecule has 1 amide bonds. The molecule has 6 nitrogen and oxygen atoms in total. The van der Waals surface area contributed by atoms with Crippen molar-refractivity contribution in [1.82, 2.24) is 15.1 Å². The van der Waals surface area contributed by atoms with E-state index in [9.17, 15) is 10.1 Å². The highest BCUT2D eigenvalue weighted by Crippen LogP contribution is 2.42. The van der Waals surface area contributed by atoms with Gasteiger partial charge in [0.05, 0.1) is 17.1 Å². The van der Waals surface area contributed by atoms with E-state index in [4.69, 9.17) is 0 Å². The molecule has 0 bridgehead atoms. The second-order valence-electron chi connectivity index (χ2n) is 7.64. The molecule has 1 saturated heterocycles. The van der Waals surface area contributed by atoms with Crippen LogP contribution in [0.3, 0.4) is 0 Å². The maximum absolute atomic E-state index is 12.7. The highest BCUT2D eigenvalue weighted by Gasteiger charge is 2.47. The Labute approximate surface area is 156 Å². The first kappa shape index (κ1) is 15.9. The molecule has 2 aliphatic heterocycles. The van der Waals surface area contributed by atoms with Gasteiger partial charge in [-0.2, -0.15) is 10.4 Å². The number of aromatic nitrogens is 2. The average Bonchev–Trinajstić information content (AvgIpc) is 3.30. The number of aryl methyl sites for hydroxylation is 1. The lowest BCUT2D eigenvalue weighted by Gasteiger charge is -2.33. The fourth-order valence-corrected chi connectivity index (χ4v) is 4.51. The van der Waals surface area contributed by atoms with Crippen molar-refractivity contribution in [3.05, 3.63) is 47.7 Å². The van der Waals surface area contributed by atoms with Crippen LogP contribution in [0.15, 0.2) is 36.5 Å². The van der Waals surface area contributed by atoms with Gasteiger partial charge in [0.1, 0.15) is 0 Å². The predicted octanol–water partition coefficient (Wildman–Crippen LogP) is 3.21. The molecule has 27 heavy (non-hydrogen) atoms. The standard InChI is InChI=1S/C21H19N5O/c1-13-2-4-18-16(10-23-25-18)19(13)14-3-5-17-15(8-14)9-21(20(27)24-17)6-7-26(11-21)12-22/h2-5,8,10H,6-7,9,11H2,1H3,(H,23,25)(H,24,27). The van der Waals surface area contributed by atoms with Gasteiger partial charge in [-0.1, -0.05) is 12.1 Å². The molecule has 1 spiro atoms. The van der Waals surface area contributed by atoms with Crippen molar-refractivity contribution < 1.29 is 4.79 Å². The summed E-state index contributed by atoms with van der Waals surface area (Å²) in [7, 11) is 0. The Balaban J connectivity index is 1.60. The van der Waals surface area contributed by atoms with Crippen molar-refractivity contribution >= 4 is 22.5 Å². The second-order valence-corrected chi connectivity index (χ2v) is 7.64. The Hall–Kier alpha value is -3.33. The van der Waals surface area contributed by atoms with Crippen LogP contribution in [-0.4, -0.2) is 34.1 Å². The van der Waals surface area contributed by atoms with Gasteiger partial charge in [0.25, 0.3) is 0 Å². The number of nitriles is 1. The Kier molecular flexibility index (Phi) is 3.28. The molecular formula is C21H19N5O. The number of likely N-dealkylation sites (tertiary alicyclic amines) is 1. The number of H-pyrrole nitrogens is 1. The van der Waals surface area contributed by atoms with Gasteiger partial charge in [0.2, 0.25) is 5.91 Å². The molecular weight excluding hydrogens is 338 g/mol. The first-order chi connectivity index (χ1) is 13.1. The number of nitrogens with one attached hydrogen (secondary N) is 2. The SMILES string of the molecule is Cc1ccc2[nH]ncc2c1-c1ccc2c(c1)CC1(CCN(C#N)C1)C(=O)N2. The summed E-state index contributed by atoms with van der Waals surface area (Å²) in [6, 6.07) is 10.4. The largest absolute Gasteiger partial charge is 0.325 e. The third kappa shape index (κ3) is 2.32. The third-order valence-corrected chi connectivity index (χ3v) is 5.98. The molecule has 1 aromatic heterocycles. The minimum absolute atomic E-state index is 0.0358. The maximum atomic E-state index is 12.7. The topological polar surface area (TPSA) is 84.8 Å². The molecule has 1 atom stereocenters. The molecule has 5 rings (SSSR count). The van der Waals surface area contributed by atoms with Gasteiger partial charge in [-0.3, -0.25) is 9.89 Å². The summed E-state index contributed by atoms with van der Waals surface area (Å²) in [6.07, 6.45) is 5.43. The Bertz CT molecular complexity index is 1130. The van der Waals surface area contributed by atoms with Crippen LogP contribution >= 0.6 is 0 Å². The Morgan fingerprint density at radius 1 is 1.30 bits per heavy atom. The highest BCUT2D eigenvalue weighted by atomic mass is 16.2. The number of aromatic amines is 1. The molecule has 3 heterocycles. The van der Waals surface area contributed by atoms with Crippen molar-refractivity contribution in [3.63, 3.8) is 0 Å². The van der Waals surface area contributed by atoms with E-state index in [0.717, 1.165) is 27.7 Å². The fourth-order valence-electron chi connectivity index (χ4n) is 4.51. The van der Waals surface area contributed by atoms with Gasteiger partial charge in [-0.15, -0.1) is 0 Å². The highest BCUT2D eigenvalue weighted by molar-refractivity contribution is 6.01. The quantitative estimate of drug-likeness (QED) is 0.655. The zero-order chi connectivity index (χ0) is 18.6. The Morgan fingerprint density at radius 2 is 2.19 bits per heavy atom. The number of nitrogens with zero attached hydrogens (tertiary/aromatic N) is 3. The van der Waals surface area contributed by atoms with E-state index in [1.807, 2.05) is 18.3 Å². The second kappa shape index (κ2) is 5.58. The van der Waals surface area contributed by atoms with Gasteiger partial charge in [0, 0.05) is 24.2 Å². The number of carbonyl (C=O) groups is 1. The zero-order valence-corrected chi connectivity index (χ0v) is 15.0. The number of amides is 1. The summed E-state index contributed by atoms with van der Waals surface area (Å²) in [5, 5.41) is 20.6. The van der Waals surface area contributed by atoms with Crippen LogP contribution < -0.4 is 5.32 Å². The van der Waals surface area contributed by atoms with Crippen molar-refractivity contribution in [1.29, 1.82) is 5.26 Å². The smallest absolute Gasteiger partial charge is 0.232 e. The summed E-state index contributed by atoms with van der Waals surface area (Å²) >= 11 is 0. The molecule has 1 fully saturated rings. The van der Waals surface area contributed by atoms with E-state index >= 15 is 0 Å². The predicted molar refractivity (Wildman–Crippen MR) is 103 cm³/mol. The average molecular weight is 357 g/mol. The van der Waals surface area contributed by atoms with Crippen molar-refractivity contribution in [2.45, 2.75) is 19.8 Å². The monoisotopic (exact) mass is 357 g/mol. The van der Waals surface area contributed by atoms with Gasteiger partial charge in [0.15, 0.2) is 6.19 Å². The summed E-state index contributed by atoms with van der Waals surface area (Å²) in [5.41, 5.74) is 6.00. The number of fused-ring (bicyclic) bond motifs is 2. The fraction of sp³-hybridized carbons (Fsp3) is 0.286. The first-order valence-electron chi connectivity index (χ1n) is 9.12. The molecule has 0 saturated carbocycles. The summed E-state index contributed by atoms with van der Waals surface area (Å²) < 4.78 is 0. The van der Waals surface area contributed by atoms with E-state index in [1.54, 1.807) is 4.90 Å². The molecule has 2 aliphatic rings. The maximum Gasteiger partial charge on any atom is 0.232 e. The normalized spacial score (nSPS) is 21.3. The van der Waals surface area contributed by atoms with Crippen LogP contribution in [0, 0.1) is 23.8 Å². The van der Waals surface area contributed by atoms with E-state index in [0.29, 0.717) is 25.9 Å². The van der Waals surface area contributed by atoms with Crippen LogP contribution in [0.4, 0.5) is 5.69 Å². The van der Waals surface area contributed by atoms with E-state index in [-0.39, 0.29) is 5.91 Å². The number of benzene rings is 2. The summed E-state index contributed by atoms with van der Waals surface area (Å²) in [5.74, 6) is 0.0358. The van der Waals surface area contributed by atoms with Crippen LogP contribution in [0.2, 0.25) is 0 Å².